The van der Waals surface area contributed by atoms with E-state index >= 15 is 0 Å². The van der Waals surface area contributed by atoms with Crippen molar-refractivity contribution in [1.29, 1.82) is 0 Å². The Balaban J connectivity index is 1.73. The third-order valence-electron chi connectivity index (χ3n) is 9.36. The smallest absolute Gasteiger partial charge is 0.303 e. The van der Waals surface area contributed by atoms with Crippen molar-refractivity contribution in [2.24, 2.45) is 34.0 Å². The number of hydrogen-bond donors (Lipinski definition) is 0. The first kappa shape index (κ1) is 21.3. The first-order chi connectivity index (χ1) is 14.1. The fourth-order valence-electron chi connectivity index (χ4n) is 7.36. The van der Waals surface area contributed by atoms with Crippen molar-refractivity contribution in [2.45, 2.75) is 66.7 Å². The molecule has 6 atom stereocenters. The molecule has 4 rings (SSSR count). The SMILES string of the molecule is CCC1CC2C3CCC4=CC(=O)C=CC4(C)C3=CCC2(C)C1(C)C(=O)COC(C)=O. The maximum Gasteiger partial charge on any atom is 0.303 e. The highest BCUT2D eigenvalue weighted by Crippen LogP contribution is 2.70. The van der Waals surface area contributed by atoms with Crippen LogP contribution in [0.4, 0.5) is 0 Å². The normalized spacial score (nSPS) is 41.9. The van der Waals surface area contributed by atoms with Gasteiger partial charge in [-0.2, -0.15) is 0 Å². The van der Waals surface area contributed by atoms with Crippen LogP contribution in [-0.4, -0.2) is 24.1 Å². The van der Waals surface area contributed by atoms with Gasteiger partial charge in [-0.05, 0) is 67.9 Å². The lowest BCUT2D eigenvalue weighted by Crippen LogP contribution is -2.51. The molecule has 4 aliphatic carbocycles. The molecular formula is C26H34O4. The van der Waals surface area contributed by atoms with Crippen molar-refractivity contribution in [2.75, 3.05) is 6.61 Å². The summed E-state index contributed by atoms with van der Waals surface area (Å²) in [6.45, 7) is 10.1. The quantitative estimate of drug-likeness (QED) is 0.484. The third kappa shape index (κ3) is 2.75. The summed E-state index contributed by atoms with van der Waals surface area (Å²) in [4.78, 5) is 36.7. The zero-order valence-corrected chi connectivity index (χ0v) is 18.9. The summed E-state index contributed by atoms with van der Waals surface area (Å²) in [7, 11) is 0. The monoisotopic (exact) mass is 410 g/mol. The van der Waals surface area contributed by atoms with Crippen LogP contribution in [0, 0.1) is 34.0 Å². The number of ketones is 2. The third-order valence-corrected chi connectivity index (χ3v) is 9.36. The Bertz CT molecular complexity index is 893. The van der Waals surface area contributed by atoms with E-state index in [2.05, 4.69) is 39.8 Å². The topological polar surface area (TPSA) is 60.4 Å². The molecule has 6 unspecified atom stereocenters. The van der Waals surface area contributed by atoms with Gasteiger partial charge in [0.2, 0.25) is 0 Å². The van der Waals surface area contributed by atoms with Crippen LogP contribution < -0.4 is 0 Å². The summed E-state index contributed by atoms with van der Waals surface area (Å²) in [5.41, 5.74) is 1.86. The molecule has 0 aromatic rings. The molecule has 0 bridgehead atoms. The molecule has 0 aliphatic heterocycles. The number of carbonyl (C=O) groups is 3. The number of carbonyl (C=O) groups excluding carboxylic acids is 3. The average Bonchev–Trinajstić information content (AvgIpc) is 2.94. The van der Waals surface area contributed by atoms with Gasteiger partial charge in [0.05, 0.1) is 0 Å². The van der Waals surface area contributed by atoms with Crippen molar-refractivity contribution in [3.63, 3.8) is 0 Å². The molecule has 30 heavy (non-hydrogen) atoms. The molecule has 0 N–H and O–H groups in total. The average molecular weight is 411 g/mol. The number of ether oxygens (including phenoxy) is 1. The van der Waals surface area contributed by atoms with Gasteiger partial charge in [-0.3, -0.25) is 14.4 Å². The Morgan fingerprint density at radius 2 is 1.97 bits per heavy atom. The zero-order valence-electron chi connectivity index (χ0n) is 18.9. The van der Waals surface area contributed by atoms with E-state index < -0.39 is 11.4 Å². The van der Waals surface area contributed by atoms with E-state index in [1.807, 2.05) is 6.08 Å². The summed E-state index contributed by atoms with van der Waals surface area (Å²) in [6, 6.07) is 0. The van der Waals surface area contributed by atoms with E-state index in [1.54, 1.807) is 6.08 Å². The highest BCUT2D eigenvalue weighted by atomic mass is 16.5. The lowest BCUT2D eigenvalue weighted by atomic mass is 9.49. The largest absolute Gasteiger partial charge is 0.458 e. The van der Waals surface area contributed by atoms with Crippen LogP contribution in [0.25, 0.3) is 0 Å². The summed E-state index contributed by atoms with van der Waals surface area (Å²) < 4.78 is 5.15. The highest BCUT2D eigenvalue weighted by Gasteiger charge is 2.65. The van der Waals surface area contributed by atoms with E-state index in [0.29, 0.717) is 11.8 Å². The van der Waals surface area contributed by atoms with Gasteiger partial charge in [-0.1, -0.05) is 50.5 Å². The van der Waals surface area contributed by atoms with Gasteiger partial charge in [-0.15, -0.1) is 0 Å². The number of fused-ring (bicyclic) bond motifs is 5. The van der Waals surface area contributed by atoms with Gasteiger partial charge in [0, 0.05) is 17.8 Å². The lowest BCUT2D eigenvalue weighted by molar-refractivity contribution is -0.153. The van der Waals surface area contributed by atoms with Gasteiger partial charge < -0.3 is 4.74 Å². The van der Waals surface area contributed by atoms with E-state index in [0.717, 1.165) is 32.1 Å². The minimum absolute atomic E-state index is 0.0668. The Morgan fingerprint density at radius 3 is 2.63 bits per heavy atom. The number of allylic oxidation sites excluding steroid dienone is 6. The van der Waals surface area contributed by atoms with E-state index in [4.69, 9.17) is 4.74 Å². The predicted molar refractivity (Wildman–Crippen MR) is 116 cm³/mol. The van der Waals surface area contributed by atoms with Crippen LogP contribution in [0.15, 0.2) is 35.5 Å². The van der Waals surface area contributed by atoms with Crippen molar-refractivity contribution < 1.29 is 19.1 Å². The van der Waals surface area contributed by atoms with Crippen molar-refractivity contribution in [1.82, 2.24) is 0 Å². The molecule has 0 radical (unpaired) electrons. The molecule has 4 heteroatoms. The Labute approximate surface area is 179 Å². The van der Waals surface area contributed by atoms with E-state index in [-0.39, 0.29) is 34.9 Å². The van der Waals surface area contributed by atoms with Gasteiger partial charge in [0.25, 0.3) is 0 Å². The lowest BCUT2D eigenvalue weighted by Gasteiger charge is -2.54. The van der Waals surface area contributed by atoms with Gasteiger partial charge >= 0.3 is 5.97 Å². The summed E-state index contributed by atoms with van der Waals surface area (Å²) in [5.74, 6) is 0.911. The molecule has 0 spiro atoms. The molecule has 162 valence electrons. The number of hydrogen-bond acceptors (Lipinski definition) is 4. The molecule has 0 saturated heterocycles. The Hall–Kier alpha value is -1.97. The second kappa shape index (κ2) is 7.03. The molecular weight excluding hydrogens is 376 g/mol. The highest BCUT2D eigenvalue weighted by molar-refractivity contribution is 6.01. The second-order valence-electron chi connectivity index (χ2n) is 10.4. The summed E-state index contributed by atoms with van der Waals surface area (Å²) in [6.07, 6.45) is 12.9. The molecule has 2 fully saturated rings. The van der Waals surface area contributed by atoms with Crippen molar-refractivity contribution in [3.8, 4) is 0 Å². The number of rotatable bonds is 4. The van der Waals surface area contributed by atoms with Crippen LogP contribution in [0.5, 0.6) is 0 Å². The van der Waals surface area contributed by atoms with Gasteiger partial charge in [-0.25, -0.2) is 0 Å². The maximum atomic E-state index is 13.4. The van der Waals surface area contributed by atoms with Crippen LogP contribution in [0.1, 0.15) is 66.7 Å². The van der Waals surface area contributed by atoms with Crippen LogP contribution in [-0.2, 0) is 19.1 Å². The molecule has 0 aromatic carbocycles. The summed E-state index contributed by atoms with van der Waals surface area (Å²) in [5, 5.41) is 0. The maximum absolute atomic E-state index is 13.4. The Kier molecular flexibility index (Phi) is 4.99. The van der Waals surface area contributed by atoms with Crippen molar-refractivity contribution >= 4 is 17.5 Å². The molecule has 0 aromatic heterocycles. The summed E-state index contributed by atoms with van der Waals surface area (Å²) >= 11 is 0. The van der Waals surface area contributed by atoms with Crippen LogP contribution in [0.3, 0.4) is 0 Å². The van der Waals surface area contributed by atoms with E-state index in [1.165, 1.54) is 18.1 Å². The first-order valence-electron chi connectivity index (χ1n) is 11.4. The zero-order chi connectivity index (χ0) is 21.9. The first-order valence-corrected chi connectivity index (χ1v) is 11.4. The molecule has 4 aliphatic rings. The van der Waals surface area contributed by atoms with Gasteiger partial charge in [0.1, 0.15) is 0 Å². The van der Waals surface area contributed by atoms with Crippen LogP contribution in [0.2, 0.25) is 0 Å². The second-order valence-corrected chi connectivity index (χ2v) is 10.4. The standard InChI is InChI=1S/C26H34O4/c1-6-17-14-22-20-8-7-18-13-19(28)9-11-24(18,3)21(20)10-12-25(22,4)26(17,5)23(29)15-30-16(2)27/h9-11,13,17,20,22H,6-8,12,14-15H2,1-5H3. The minimum Gasteiger partial charge on any atom is -0.458 e. The van der Waals surface area contributed by atoms with Crippen LogP contribution >= 0.6 is 0 Å². The number of Topliss-reactive ketones (excluding diaryl/α,β-unsaturated/α-hetero) is 1. The molecule has 0 heterocycles. The molecule has 2 saturated carbocycles. The fraction of sp³-hybridized carbons (Fsp3) is 0.654. The fourth-order valence-corrected chi connectivity index (χ4v) is 7.36. The van der Waals surface area contributed by atoms with Gasteiger partial charge in [0.15, 0.2) is 18.2 Å². The minimum atomic E-state index is -0.501. The van der Waals surface area contributed by atoms with Crippen molar-refractivity contribution in [3.05, 3.63) is 35.5 Å². The predicted octanol–water partition coefficient (Wildman–Crippen LogP) is 4.99. The van der Waals surface area contributed by atoms with E-state index in [9.17, 15) is 14.4 Å². The molecule has 0 amide bonds. The number of esters is 1. The Morgan fingerprint density at radius 1 is 1.23 bits per heavy atom. The molecule has 4 nitrogen and oxygen atoms in total.